The highest BCUT2D eigenvalue weighted by Crippen LogP contribution is 2.58. The summed E-state index contributed by atoms with van der Waals surface area (Å²) in [5, 5.41) is 23.5. The van der Waals surface area contributed by atoms with E-state index in [0.29, 0.717) is 17.5 Å². The van der Waals surface area contributed by atoms with E-state index < -0.39 is 0 Å². The Morgan fingerprint density at radius 1 is 1.03 bits per heavy atom. The number of phenols is 2. The molecule has 0 aliphatic heterocycles. The van der Waals surface area contributed by atoms with Crippen LogP contribution in [0.1, 0.15) is 28.7 Å². The maximum Gasteiger partial charge on any atom is 0.244 e. The molecule has 5 heteroatoms. The average molecular weight is 386 g/mol. The summed E-state index contributed by atoms with van der Waals surface area (Å²) in [6.07, 6.45) is 2.11. The minimum atomic E-state index is -0.348. The van der Waals surface area contributed by atoms with Crippen molar-refractivity contribution in [2.45, 2.75) is 18.8 Å². The van der Waals surface area contributed by atoms with Gasteiger partial charge < -0.3 is 10.2 Å². The van der Waals surface area contributed by atoms with Crippen molar-refractivity contribution >= 4 is 12.1 Å². The van der Waals surface area contributed by atoms with E-state index in [-0.39, 0.29) is 28.7 Å². The van der Waals surface area contributed by atoms with E-state index in [1.165, 1.54) is 18.3 Å². The number of aromatic hydroxyl groups is 2. The van der Waals surface area contributed by atoms with E-state index in [9.17, 15) is 15.0 Å². The van der Waals surface area contributed by atoms with Gasteiger partial charge in [-0.25, -0.2) is 5.43 Å². The number of hydrogen-bond acceptors (Lipinski definition) is 4. The number of hydrogen-bond donors (Lipinski definition) is 3. The molecule has 146 valence electrons. The predicted molar refractivity (Wildman–Crippen MR) is 112 cm³/mol. The molecular formula is C24H22N2O3. The monoisotopic (exact) mass is 386 g/mol. The average Bonchev–Trinajstić information content (AvgIpc) is 3.48. The first-order valence-corrected chi connectivity index (χ1v) is 9.49. The van der Waals surface area contributed by atoms with Crippen molar-refractivity contribution in [2.24, 2.45) is 11.0 Å². The van der Waals surface area contributed by atoms with Gasteiger partial charge in [0.15, 0.2) is 0 Å². The molecule has 1 aliphatic rings. The molecule has 1 aliphatic carbocycles. The van der Waals surface area contributed by atoms with Gasteiger partial charge in [0.1, 0.15) is 11.5 Å². The number of benzene rings is 3. The fraction of sp³-hybridized carbons (Fsp3) is 0.167. The minimum absolute atomic E-state index is 0.0188. The molecule has 1 atom stereocenters. The highest BCUT2D eigenvalue weighted by Gasteiger charge is 2.60. The van der Waals surface area contributed by atoms with E-state index in [2.05, 4.69) is 34.8 Å². The molecule has 0 radical (unpaired) electrons. The van der Waals surface area contributed by atoms with Gasteiger partial charge in [-0.15, -0.1) is 0 Å². The van der Waals surface area contributed by atoms with E-state index in [0.717, 1.165) is 11.1 Å². The number of rotatable bonds is 5. The Morgan fingerprint density at radius 2 is 1.62 bits per heavy atom. The summed E-state index contributed by atoms with van der Waals surface area (Å²) in [5.41, 5.74) is 5.61. The number of amides is 1. The number of phenolic OH excluding ortho intramolecular Hbond substituents is 2. The Hall–Kier alpha value is -3.60. The van der Waals surface area contributed by atoms with Gasteiger partial charge in [-0.2, -0.15) is 5.10 Å². The Bertz CT molecular complexity index is 999. The Balaban J connectivity index is 1.55. The highest BCUT2D eigenvalue weighted by molar-refractivity contribution is 5.89. The smallest absolute Gasteiger partial charge is 0.244 e. The third kappa shape index (κ3) is 3.47. The van der Waals surface area contributed by atoms with Gasteiger partial charge in [0.05, 0.1) is 12.1 Å². The van der Waals surface area contributed by atoms with Gasteiger partial charge in [0, 0.05) is 17.0 Å². The summed E-state index contributed by atoms with van der Waals surface area (Å²) in [6, 6.07) is 22.9. The van der Waals surface area contributed by atoms with E-state index in [1.54, 1.807) is 6.92 Å². The lowest BCUT2D eigenvalue weighted by molar-refractivity contribution is -0.122. The Kier molecular flexibility index (Phi) is 4.80. The van der Waals surface area contributed by atoms with Gasteiger partial charge in [-0.3, -0.25) is 4.79 Å². The zero-order valence-corrected chi connectivity index (χ0v) is 16.0. The first-order valence-electron chi connectivity index (χ1n) is 9.49. The molecule has 1 unspecified atom stereocenters. The van der Waals surface area contributed by atoms with Gasteiger partial charge in [-0.1, -0.05) is 60.7 Å². The lowest BCUT2D eigenvalue weighted by Gasteiger charge is -2.18. The molecule has 0 saturated heterocycles. The van der Waals surface area contributed by atoms with Crippen LogP contribution in [-0.2, 0) is 10.2 Å². The van der Waals surface area contributed by atoms with Crippen LogP contribution in [0.25, 0.3) is 0 Å². The Labute approximate surface area is 169 Å². The normalized spacial score (nSPS) is 17.2. The first kappa shape index (κ1) is 18.7. The second-order valence-corrected chi connectivity index (χ2v) is 7.39. The highest BCUT2D eigenvalue weighted by atomic mass is 16.3. The number of aryl methyl sites for hydroxylation is 1. The SMILES string of the molecule is Cc1cc(O)cc(O)c1C=NNC(=O)C1CC1(c1ccccc1)c1ccccc1. The molecule has 3 N–H and O–H groups in total. The molecule has 1 amide bonds. The lowest BCUT2D eigenvalue weighted by Crippen LogP contribution is -2.25. The molecule has 5 nitrogen and oxygen atoms in total. The van der Waals surface area contributed by atoms with Crippen molar-refractivity contribution in [1.29, 1.82) is 0 Å². The fourth-order valence-corrected chi connectivity index (χ4v) is 4.02. The molecule has 3 aromatic carbocycles. The molecule has 1 saturated carbocycles. The van der Waals surface area contributed by atoms with Crippen molar-refractivity contribution in [3.05, 3.63) is 95.1 Å². The van der Waals surface area contributed by atoms with Gasteiger partial charge in [0.2, 0.25) is 5.91 Å². The largest absolute Gasteiger partial charge is 0.508 e. The topological polar surface area (TPSA) is 81.9 Å². The van der Waals surface area contributed by atoms with Crippen molar-refractivity contribution in [3.8, 4) is 11.5 Å². The van der Waals surface area contributed by atoms with Crippen molar-refractivity contribution in [2.75, 3.05) is 0 Å². The molecule has 0 aromatic heterocycles. The molecule has 1 fully saturated rings. The number of carbonyl (C=O) groups excluding carboxylic acids is 1. The van der Waals surface area contributed by atoms with E-state index in [1.807, 2.05) is 36.4 Å². The fourth-order valence-electron chi connectivity index (χ4n) is 4.02. The van der Waals surface area contributed by atoms with Crippen molar-refractivity contribution in [1.82, 2.24) is 5.43 Å². The number of nitrogens with one attached hydrogen (secondary N) is 1. The Morgan fingerprint density at radius 3 is 2.17 bits per heavy atom. The van der Waals surface area contributed by atoms with Crippen LogP contribution in [0.15, 0.2) is 77.9 Å². The third-order valence-electron chi connectivity index (χ3n) is 5.57. The molecule has 0 spiro atoms. The lowest BCUT2D eigenvalue weighted by atomic mass is 9.85. The summed E-state index contributed by atoms with van der Waals surface area (Å²) in [6.45, 7) is 1.75. The summed E-state index contributed by atoms with van der Waals surface area (Å²) in [5.74, 6) is -0.492. The molecule has 4 rings (SSSR count). The van der Waals surface area contributed by atoms with E-state index in [4.69, 9.17) is 0 Å². The van der Waals surface area contributed by atoms with Gasteiger partial charge >= 0.3 is 0 Å². The van der Waals surface area contributed by atoms with Crippen LogP contribution >= 0.6 is 0 Å². The second kappa shape index (κ2) is 7.43. The molecule has 29 heavy (non-hydrogen) atoms. The number of carbonyl (C=O) groups is 1. The van der Waals surface area contributed by atoms with E-state index >= 15 is 0 Å². The van der Waals surface area contributed by atoms with Crippen LogP contribution in [0.4, 0.5) is 0 Å². The number of hydrazone groups is 1. The second-order valence-electron chi connectivity index (χ2n) is 7.39. The maximum absolute atomic E-state index is 12.9. The summed E-state index contributed by atoms with van der Waals surface area (Å²) < 4.78 is 0. The quantitative estimate of drug-likeness (QED) is 0.460. The third-order valence-corrected chi connectivity index (χ3v) is 5.57. The first-order chi connectivity index (χ1) is 14.0. The summed E-state index contributed by atoms with van der Waals surface area (Å²) in [7, 11) is 0. The van der Waals surface area contributed by atoms with Gasteiger partial charge in [0.25, 0.3) is 0 Å². The minimum Gasteiger partial charge on any atom is -0.508 e. The van der Waals surface area contributed by atoms with Crippen LogP contribution in [0.2, 0.25) is 0 Å². The van der Waals surface area contributed by atoms with Crippen LogP contribution < -0.4 is 5.43 Å². The summed E-state index contributed by atoms with van der Waals surface area (Å²) in [4.78, 5) is 12.9. The molecule has 3 aromatic rings. The zero-order chi connectivity index (χ0) is 20.4. The van der Waals surface area contributed by atoms with Crippen LogP contribution in [0.5, 0.6) is 11.5 Å². The maximum atomic E-state index is 12.9. The van der Waals surface area contributed by atoms with Crippen LogP contribution in [-0.4, -0.2) is 22.3 Å². The van der Waals surface area contributed by atoms with Crippen molar-refractivity contribution in [3.63, 3.8) is 0 Å². The molecular weight excluding hydrogens is 364 g/mol. The molecule has 0 heterocycles. The predicted octanol–water partition coefficient (Wildman–Crippen LogP) is 3.86. The molecule has 0 bridgehead atoms. The van der Waals surface area contributed by atoms with Crippen LogP contribution in [0, 0.1) is 12.8 Å². The van der Waals surface area contributed by atoms with Crippen molar-refractivity contribution < 1.29 is 15.0 Å². The van der Waals surface area contributed by atoms with Gasteiger partial charge in [-0.05, 0) is 36.1 Å². The standard InChI is InChI=1S/C24H22N2O3/c1-16-12-19(27)13-22(28)20(16)15-25-26-23(29)21-14-24(21,17-8-4-2-5-9-17)18-10-6-3-7-11-18/h2-13,15,21,27-28H,14H2,1H3,(H,26,29). The zero-order valence-electron chi connectivity index (χ0n) is 16.0. The van der Waals surface area contributed by atoms with Crippen LogP contribution in [0.3, 0.4) is 0 Å². The summed E-state index contributed by atoms with van der Waals surface area (Å²) >= 11 is 0. The number of nitrogens with zero attached hydrogens (tertiary/aromatic N) is 1.